The molecule has 0 N–H and O–H groups in total. The molecule has 0 bridgehead atoms. The maximum atomic E-state index is 14.4. The van der Waals surface area contributed by atoms with Crippen LogP contribution in [0.2, 0.25) is 5.02 Å². The van der Waals surface area contributed by atoms with Crippen LogP contribution in [-0.4, -0.2) is 15.7 Å². The summed E-state index contributed by atoms with van der Waals surface area (Å²) in [6.07, 6.45) is 0.593. The van der Waals surface area contributed by atoms with Gasteiger partial charge in [-0.1, -0.05) is 11.6 Å². The van der Waals surface area contributed by atoms with Gasteiger partial charge in [-0.25, -0.2) is 8.78 Å². The SMILES string of the molecule is Cc1cc(F)c(Cl)c2c1cc(CCOc1cc(F)c3c(c1)cc(C)n3C)n2C. The molecule has 0 aliphatic heterocycles. The number of halogens is 3. The number of aryl methyl sites for hydroxylation is 4. The molecule has 0 aliphatic carbocycles. The van der Waals surface area contributed by atoms with Crippen LogP contribution < -0.4 is 4.74 Å². The fourth-order valence-electron chi connectivity index (χ4n) is 3.82. The molecule has 2 heterocycles. The Morgan fingerprint density at radius 2 is 1.68 bits per heavy atom. The molecule has 0 fully saturated rings. The molecule has 2 aromatic carbocycles. The van der Waals surface area contributed by atoms with Gasteiger partial charge in [0.15, 0.2) is 5.82 Å². The molecule has 0 atom stereocenters. The van der Waals surface area contributed by atoms with Gasteiger partial charge >= 0.3 is 0 Å². The van der Waals surface area contributed by atoms with E-state index in [4.69, 9.17) is 16.3 Å². The number of hydrogen-bond donors (Lipinski definition) is 0. The van der Waals surface area contributed by atoms with Gasteiger partial charge in [-0.15, -0.1) is 0 Å². The van der Waals surface area contributed by atoms with Crippen LogP contribution in [0.15, 0.2) is 30.3 Å². The first-order valence-corrected chi connectivity index (χ1v) is 9.47. The van der Waals surface area contributed by atoms with E-state index in [1.165, 1.54) is 12.1 Å². The summed E-state index contributed by atoms with van der Waals surface area (Å²) in [5, 5.41) is 1.87. The van der Waals surface area contributed by atoms with E-state index in [0.717, 1.165) is 27.7 Å². The van der Waals surface area contributed by atoms with Crippen molar-refractivity contribution in [2.75, 3.05) is 6.61 Å². The molecule has 6 heteroatoms. The normalized spacial score (nSPS) is 11.7. The number of fused-ring (bicyclic) bond motifs is 2. The van der Waals surface area contributed by atoms with Gasteiger partial charge in [0.25, 0.3) is 0 Å². The first-order valence-electron chi connectivity index (χ1n) is 9.09. The Kier molecular flexibility index (Phi) is 4.58. The van der Waals surface area contributed by atoms with Gasteiger partial charge in [-0.3, -0.25) is 0 Å². The monoisotopic (exact) mass is 402 g/mol. The number of nitrogens with zero attached hydrogens (tertiary/aromatic N) is 2. The second-order valence-electron chi connectivity index (χ2n) is 7.23. The predicted octanol–water partition coefficient (Wildman–Crippen LogP) is 5.84. The van der Waals surface area contributed by atoms with Crippen LogP contribution in [-0.2, 0) is 20.5 Å². The Bertz CT molecular complexity index is 1220. The number of hydrogen-bond acceptors (Lipinski definition) is 1. The van der Waals surface area contributed by atoms with E-state index < -0.39 is 5.82 Å². The van der Waals surface area contributed by atoms with E-state index in [-0.39, 0.29) is 10.8 Å². The van der Waals surface area contributed by atoms with Gasteiger partial charge in [0.2, 0.25) is 0 Å². The van der Waals surface area contributed by atoms with E-state index >= 15 is 0 Å². The van der Waals surface area contributed by atoms with Crippen molar-refractivity contribution in [3.8, 4) is 5.75 Å². The van der Waals surface area contributed by atoms with Crippen LogP contribution in [0.1, 0.15) is 17.0 Å². The van der Waals surface area contributed by atoms with E-state index in [1.807, 2.05) is 55.3 Å². The third kappa shape index (κ3) is 2.94. The van der Waals surface area contributed by atoms with Gasteiger partial charge in [0, 0.05) is 48.7 Å². The molecule has 146 valence electrons. The molecule has 0 unspecified atom stereocenters. The van der Waals surface area contributed by atoms with Crippen molar-refractivity contribution >= 4 is 33.4 Å². The third-order valence-electron chi connectivity index (χ3n) is 5.44. The fraction of sp³-hybridized carbons (Fsp3) is 0.273. The first kappa shape index (κ1) is 18.8. The van der Waals surface area contributed by atoms with Crippen LogP contribution in [0.4, 0.5) is 8.78 Å². The molecular weight excluding hydrogens is 382 g/mol. The van der Waals surface area contributed by atoms with Crippen LogP contribution >= 0.6 is 11.6 Å². The van der Waals surface area contributed by atoms with Gasteiger partial charge in [0.05, 0.1) is 17.6 Å². The maximum absolute atomic E-state index is 14.4. The molecular formula is C22H21ClF2N2O. The molecule has 0 radical (unpaired) electrons. The van der Waals surface area contributed by atoms with Gasteiger partial charge in [-0.05, 0) is 43.7 Å². The number of ether oxygens (including phenoxy) is 1. The van der Waals surface area contributed by atoms with E-state index in [9.17, 15) is 8.78 Å². The highest BCUT2D eigenvalue weighted by atomic mass is 35.5. The highest BCUT2D eigenvalue weighted by Crippen LogP contribution is 2.32. The minimum atomic E-state index is -0.419. The average molecular weight is 403 g/mol. The lowest BCUT2D eigenvalue weighted by molar-refractivity contribution is 0.318. The Morgan fingerprint density at radius 3 is 2.43 bits per heavy atom. The lowest BCUT2D eigenvalue weighted by atomic mass is 10.1. The van der Waals surface area contributed by atoms with Crippen LogP contribution in [0.25, 0.3) is 21.8 Å². The number of rotatable bonds is 4. The zero-order chi connectivity index (χ0) is 20.2. The molecule has 0 saturated carbocycles. The largest absolute Gasteiger partial charge is 0.493 e. The molecule has 0 amide bonds. The summed E-state index contributed by atoms with van der Waals surface area (Å²) < 4.78 is 37.9. The second kappa shape index (κ2) is 6.82. The second-order valence-corrected chi connectivity index (χ2v) is 7.61. The zero-order valence-corrected chi connectivity index (χ0v) is 17.0. The minimum absolute atomic E-state index is 0.127. The van der Waals surface area contributed by atoms with E-state index in [0.29, 0.717) is 29.8 Å². The van der Waals surface area contributed by atoms with Crippen LogP contribution in [0.5, 0.6) is 5.75 Å². The topological polar surface area (TPSA) is 19.1 Å². The molecule has 0 spiro atoms. The molecule has 4 rings (SSSR count). The van der Waals surface area contributed by atoms with Crippen LogP contribution in [0, 0.1) is 25.5 Å². The average Bonchev–Trinajstić information content (AvgIpc) is 3.11. The van der Waals surface area contributed by atoms with Crippen molar-refractivity contribution in [1.82, 2.24) is 9.13 Å². The van der Waals surface area contributed by atoms with Crippen molar-refractivity contribution in [3.05, 3.63) is 63.9 Å². The molecule has 3 nitrogen and oxygen atoms in total. The summed E-state index contributed by atoms with van der Waals surface area (Å²) >= 11 is 6.16. The van der Waals surface area contributed by atoms with Crippen molar-refractivity contribution in [1.29, 1.82) is 0 Å². The van der Waals surface area contributed by atoms with E-state index in [2.05, 4.69) is 0 Å². The minimum Gasteiger partial charge on any atom is -0.493 e. The Hall–Kier alpha value is -2.53. The number of aromatic nitrogens is 2. The quantitative estimate of drug-likeness (QED) is 0.419. The summed E-state index contributed by atoms with van der Waals surface area (Å²) in [5.74, 6) is -0.224. The first-order chi connectivity index (χ1) is 13.3. The summed E-state index contributed by atoms with van der Waals surface area (Å²) in [4.78, 5) is 0. The van der Waals surface area contributed by atoms with Gasteiger partial charge in [0.1, 0.15) is 16.6 Å². The third-order valence-corrected chi connectivity index (χ3v) is 5.80. The zero-order valence-electron chi connectivity index (χ0n) is 16.2. The summed E-state index contributed by atoms with van der Waals surface area (Å²) in [6.45, 7) is 4.18. The van der Waals surface area contributed by atoms with Crippen molar-refractivity contribution < 1.29 is 13.5 Å². The Balaban J connectivity index is 1.57. The standard InChI is InChI=1S/C22H21ClF2N2O/c1-12-7-18(24)20(23)22-17(12)10-15(27(22)4)5-6-28-16-9-14-8-13(2)26(3)21(14)19(25)11-16/h7-11H,5-6H2,1-4H3. The predicted molar refractivity (Wildman–Crippen MR) is 109 cm³/mol. The van der Waals surface area contributed by atoms with Crippen molar-refractivity contribution in [2.24, 2.45) is 14.1 Å². The summed E-state index contributed by atoms with van der Waals surface area (Å²) in [5.41, 5.74) is 4.06. The molecule has 0 saturated heterocycles. The molecule has 4 aromatic rings. The smallest absolute Gasteiger partial charge is 0.151 e. The highest BCUT2D eigenvalue weighted by molar-refractivity contribution is 6.35. The lowest BCUT2D eigenvalue weighted by Gasteiger charge is -2.09. The molecule has 2 aromatic heterocycles. The van der Waals surface area contributed by atoms with Crippen molar-refractivity contribution in [3.63, 3.8) is 0 Å². The maximum Gasteiger partial charge on any atom is 0.151 e. The van der Waals surface area contributed by atoms with Crippen LogP contribution in [0.3, 0.4) is 0 Å². The lowest BCUT2D eigenvalue weighted by Crippen LogP contribution is -2.05. The molecule has 28 heavy (non-hydrogen) atoms. The van der Waals surface area contributed by atoms with Gasteiger partial charge in [-0.2, -0.15) is 0 Å². The van der Waals surface area contributed by atoms with E-state index in [1.54, 1.807) is 0 Å². The van der Waals surface area contributed by atoms with Gasteiger partial charge < -0.3 is 13.9 Å². The molecule has 0 aliphatic rings. The Morgan fingerprint density at radius 1 is 0.929 bits per heavy atom. The van der Waals surface area contributed by atoms with Crippen molar-refractivity contribution in [2.45, 2.75) is 20.3 Å². The fourth-order valence-corrected chi connectivity index (χ4v) is 4.10. The number of benzene rings is 2. The summed E-state index contributed by atoms with van der Waals surface area (Å²) in [7, 11) is 3.71. The summed E-state index contributed by atoms with van der Waals surface area (Å²) in [6, 6.07) is 8.66. The Labute approximate surface area is 167 Å². The highest BCUT2D eigenvalue weighted by Gasteiger charge is 2.15.